The molecule has 0 heterocycles. The van der Waals surface area contributed by atoms with Crippen molar-refractivity contribution in [2.24, 2.45) is 0 Å². The zero-order chi connectivity index (χ0) is 14.6. The van der Waals surface area contributed by atoms with Gasteiger partial charge < -0.3 is 4.90 Å². The highest BCUT2D eigenvalue weighted by Crippen LogP contribution is 2.18. The summed E-state index contributed by atoms with van der Waals surface area (Å²) < 4.78 is 0. The molecule has 1 aromatic rings. The molecule has 0 fully saturated rings. The predicted octanol–water partition coefficient (Wildman–Crippen LogP) is 2.62. The van der Waals surface area contributed by atoms with Crippen molar-refractivity contribution in [3.05, 3.63) is 34.4 Å². The zero-order valence-corrected chi connectivity index (χ0v) is 13.1. The predicted molar refractivity (Wildman–Crippen MR) is 81.0 cm³/mol. The maximum atomic E-state index is 12.2. The van der Waals surface area contributed by atoms with Gasteiger partial charge in [0, 0.05) is 19.7 Å². The van der Waals surface area contributed by atoms with Crippen molar-refractivity contribution in [1.29, 1.82) is 0 Å². The van der Waals surface area contributed by atoms with Crippen LogP contribution in [0, 0.1) is 20.8 Å². The molecule has 1 aromatic carbocycles. The largest absolute Gasteiger partial charge is 0.348 e. The van der Waals surface area contributed by atoms with E-state index in [9.17, 15) is 9.59 Å². The summed E-state index contributed by atoms with van der Waals surface area (Å²) in [6.07, 6.45) is 0. The Kier molecular flexibility index (Phi) is 5.60. The monoisotopic (exact) mass is 279 g/mol. The Morgan fingerprint density at radius 3 is 2.05 bits per heavy atom. The first-order valence-corrected chi connectivity index (χ1v) is 7.37. The van der Waals surface area contributed by atoms with Crippen molar-refractivity contribution < 1.29 is 9.59 Å². The van der Waals surface area contributed by atoms with Crippen LogP contribution in [0.1, 0.15) is 27.0 Å². The molecular weight excluding hydrogens is 258 g/mol. The van der Waals surface area contributed by atoms with Gasteiger partial charge >= 0.3 is 0 Å². The minimum atomic E-state index is 0.0372. The molecule has 4 heteroatoms. The number of hydrogen-bond donors (Lipinski definition) is 0. The van der Waals surface area contributed by atoms with E-state index in [2.05, 4.69) is 0 Å². The van der Waals surface area contributed by atoms with Crippen LogP contribution in [0.15, 0.2) is 12.1 Å². The van der Waals surface area contributed by atoms with E-state index in [0.717, 1.165) is 16.7 Å². The molecule has 104 valence electrons. The van der Waals surface area contributed by atoms with Gasteiger partial charge in [0.25, 0.3) is 0 Å². The molecule has 0 aliphatic carbocycles. The lowest BCUT2D eigenvalue weighted by atomic mass is 9.97. The summed E-state index contributed by atoms with van der Waals surface area (Å²) in [4.78, 5) is 25.2. The van der Waals surface area contributed by atoms with E-state index in [-0.39, 0.29) is 11.7 Å². The number of thioether (sulfide) groups is 1. The van der Waals surface area contributed by atoms with Crippen molar-refractivity contribution in [1.82, 2.24) is 4.90 Å². The van der Waals surface area contributed by atoms with E-state index < -0.39 is 0 Å². The summed E-state index contributed by atoms with van der Waals surface area (Å²) >= 11 is 1.37. The molecule has 0 radical (unpaired) electrons. The molecular formula is C15H21NO2S. The average Bonchev–Trinajstić information content (AvgIpc) is 2.26. The maximum Gasteiger partial charge on any atom is 0.232 e. The highest BCUT2D eigenvalue weighted by atomic mass is 32.2. The van der Waals surface area contributed by atoms with Gasteiger partial charge in [-0.15, -0.1) is 11.8 Å². The SMILES string of the molecule is Cc1cc(C)c(C(=O)CSCC(=O)N(C)C)c(C)c1. The van der Waals surface area contributed by atoms with Crippen molar-refractivity contribution in [2.45, 2.75) is 20.8 Å². The summed E-state index contributed by atoms with van der Waals surface area (Å²) in [5, 5.41) is 0. The topological polar surface area (TPSA) is 37.4 Å². The van der Waals surface area contributed by atoms with Crippen molar-refractivity contribution in [2.75, 3.05) is 25.6 Å². The molecule has 1 rings (SSSR count). The van der Waals surface area contributed by atoms with E-state index in [1.165, 1.54) is 17.3 Å². The summed E-state index contributed by atoms with van der Waals surface area (Å²) in [7, 11) is 3.44. The van der Waals surface area contributed by atoms with Crippen molar-refractivity contribution in [3.8, 4) is 0 Å². The molecule has 0 spiro atoms. The summed E-state index contributed by atoms with van der Waals surface area (Å²) in [5.74, 6) is 0.842. The fourth-order valence-corrected chi connectivity index (χ4v) is 2.92. The molecule has 0 saturated carbocycles. The molecule has 3 nitrogen and oxygen atoms in total. The zero-order valence-electron chi connectivity index (χ0n) is 12.2. The minimum absolute atomic E-state index is 0.0372. The van der Waals surface area contributed by atoms with E-state index in [0.29, 0.717) is 11.5 Å². The minimum Gasteiger partial charge on any atom is -0.348 e. The number of amides is 1. The molecule has 0 aromatic heterocycles. The lowest BCUT2D eigenvalue weighted by Crippen LogP contribution is -2.24. The highest BCUT2D eigenvalue weighted by molar-refractivity contribution is 8.00. The molecule has 0 aliphatic heterocycles. The van der Waals surface area contributed by atoms with Gasteiger partial charge in [0.1, 0.15) is 0 Å². The second-order valence-electron chi connectivity index (χ2n) is 4.98. The van der Waals surface area contributed by atoms with Gasteiger partial charge in [-0.1, -0.05) is 17.7 Å². The van der Waals surface area contributed by atoms with Crippen LogP contribution in [-0.2, 0) is 4.79 Å². The number of nitrogens with zero attached hydrogens (tertiary/aromatic N) is 1. The molecule has 0 bridgehead atoms. The smallest absolute Gasteiger partial charge is 0.232 e. The Labute approximate surface area is 119 Å². The van der Waals surface area contributed by atoms with Gasteiger partial charge in [0.15, 0.2) is 5.78 Å². The third-order valence-electron chi connectivity index (χ3n) is 2.91. The van der Waals surface area contributed by atoms with Gasteiger partial charge in [-0.25, -0.2) is 0 Å². The highest BCUT2D eigenvalue weighted by Gasteiger charge is 2.14. The quantitative estimate of drug-likeness (QED) is 0.778. The van der Waals surface area contributed by atoms with Crippen LogP contribution >= 0.6 is 11.8 Å². The van der Waals surface area contributed by atoms with Crippen LogP contribution < -0.4 is 0 Å². The van der Waals surface area contributed by atoms with Crippen LogP contribution in [0.2, 0.25) is 0 Å². The number of benzene rings is 1. The number of ketones is 1. The third-order valence-corrected chi connectivity index (χ3v) is 3.83. The van der Waals surface area contributed by atoms with Gasteiger partial charge in [-0.05, 0) is 31.9 Å². The first kappa shape index (κ1) is 15.8. The lowest BCUT2D eigenvalue weighted by Gasteiger charge is -2.11. The normalized spacial score (nSPS) is 10.4. The maximum absolute atomic E-state index is 12.2. The molecule has 0 N–H and O–H groups in total. The third kappa shape index (κ3) is 4.39. The van der Waals surface area contributed by atoms with Crippen LogP contribution in [0.25, 0.3) is 0 Å². The molecule has 0 unspecified atom stereocenters. The van der Waals surface area contributed by atoms with Crippen LogP contribution in [0.4, 0.5) is 0 Å². The Bertz CT molecular complexity index is 472. The first-order chi connectivity index (χ1) is 8.82. The van der Waals surface area contributed by atoms with Crippen LogP contribution in [0.5, 0.6) is 0 Å². The number of rotatable bonds is 5. The van der Waals surface area contributed by atoms with Crippen LogP contribution in [-0.4, -0.2) is 42.2 Å². The number of hydrogen-bond acceptors (Lipinski definition) is 3. The molecule has 0 saturated heterocycles. The number of carbonyl (C=O) groups is 2. The second-order valence-corrected chi connectivity index (χ2v) is 5.96. The van der Waals surface area contributed by atoms with Gasteiger partial charge in [-0.2, -0.15) is 0 Å². The standard InChI is InChI=1S/C15H21NO2S/c1-10-6-11(2)15(12(3)7-10)13(17)8-19-9-14(18)16(4)5/h6-7H,8-9H2,1-5H3. The van der Waals surface area contributed by atoms with Crippen molar-refractivity contribution in [3.63, 3.8) is 0 Å². The number of carbonyl (C=O) groups excluding carboxylic acids is 2. The van der Waals surface area contributed by atoms with E-state index in [1.807, 2.05) is 32.9 Å². The van der Waals surface area contributed by atoms with E-state index in [1.54, 1.807) is 19.0 Å². The summed E-state index contributed by atoms with van der Waals surface area (Å²) in [6.45, 7) is 5.95. The number of Topliss-reactive ketones (excluding diaryl/α,β-unsaturated/α-hetero) is 1. The molecule has 0 aliphatic rings. The van der Waals surface area contributed by atoms with E-state index in [4.69, 9.17) is 0 Å². The Morgan fingerprint density at radius 1 is 1.05 bits per heavy atom. The molecule has 1 amide bonds. The average molecular weight is 279 g/mol. The van der Waals surface area contributed by atoms with Gasteiger partial charge in [0.05, 0.1) is 11.5 Å². The Hall–Kier alpha value is -1.29. The summed E-state index contributed by atoms with van der Waals surface area (Å²) in [6, 6.07) is 4.05. The Morgan fingerprint density at radius 2 is 1.58 bits per heavy atom. The lowest BCUT2D eigenvalue weighted by molar-refractivity contribution is -0.125. The number of aryl methyl sites for hydroxylation is 3. The second kappa shape index (κ2) is 6.75. The Balaban J connectivity index is 2.67. The first-order valence-electron chi connectivity index (χ1n) is 6.22. The van der Waals surface area contributed by atoms with Crippen LogP contribution in [0.3, 0.4) is 0 Å². The fraction of sp³-hybridized carbons (Fsp3) is 0.467. The molecule has 19 heavy (non-hydrogen) atoms. The van der Waals surface area contributed by atoms with Crippen molar-refractivity contribution >= 4 is 23.5 Å². The van der Waals surface area contributed by atoms with E-state index >= 15 is 0 Å². The van der Waals surface area contributed by atoms with Gasteiger partial charge in [0.2, 0.25) is 5.91 Å². The molecule has 0 atom stereocenters. The summed E-state index contributed by atoms with van der Waals surface area (Å²) in [5.41, 5.74) is 4.00. The van der Waals surface area contributed by atoms with Gasteiger partial charge in [-0.3, -0.25) is 9.59 Å². The fourth-order valence-electron chi connectivity index (χ4n) is 2.05.